The van der Waals surface area contributed by atoms with Gasteiger partial charge in [0.15, 0.2) is 11.5 Å². The van der Waals surface area contributed by atoms with Crippen molar-refractivity contribution in [3.63, 3.8) is 0 Å². The number of aryl methyl sites for hydroxylation is 1. The fourth-order valence-corrected chi connectivity index (χ4v) is 2.51. The second-order valence-electron chi connectivity index (χ2n) is 5.54. The highest BCUT2D eigenvalue weighted by atomic mass is 35.5. The van der Waals surface area contributed by atoms with Crippen LogP contribution in [0.2, 0.25) is 5.02 Å². The zero-order valence-electron chi connectivity index (χ0n) is 14.6. The van der Waals surface area contributed by atoms with Crippen LogP contribution in [0.15, 0.2) is 30.3 Å². The number of carbonyl (C=O) groups excluding carboxylic acids is 1. The lowest BCUT2D eigenvalue weighted by Crippen LogP contribution is -2.13. The minimum Gasteiger partial charge on any atom is -0.506 e. The van der Waals surface area contributed by atoms with E-state index in [2.05, 4.69) is 5.32 Å². The van der Waals surface area contributed by atoms with Crippen molar-refractivity contribution in [2.75, 3.05) is 18.5 Å². The highest BCUT2D eigenvalue weighted by Gasteiger charge is 2.17. The normalized spacial score (nSPS) is 10.4. The van der Waals surface area contributed by atoms with Gasteiger partial charge in [-0.2, -0.15) is 0 Å². The molecule has 0 heterocycles. The van der Waals surface area contributed by atoms with Crippen LogP contribution in [0.1, 0.15) is 36.2 Å². The van der Waals surface area contributed by atoms with Crippen LogP contribution < -0.4 is 14.8 Å². The van der Waals surface area contributed by atoms with Crippen molar-refractivity contribution < 1.29 is 19.4 Å². The number of rotatable bonds is 7. The molecular formula is C19H22ClNO4. The SMILES string of the molecule is CCCOc1c(Cl)cc(C(=O)Nc2ccc(C)cc2O)cc1OCC. The molecule has 2 N–H and O–H groups in total. The van der Waals surface area contributed by atoms with Gasteiger partial charge in [0.25, 0.3) is 5.91 Å². The largest absolute Gasteiger partial charge is 0.506 e. The number of aromatic hydroxyl groups is 1. The lowest BCUT2D eigenvalue weighted by Gasteiger charge is -2.15. The van der Waals surface area contributed by atoms with Gasteiger partial charge in [-0.05, 0) is 50.1 Å². The van der Waals surface area contributed by atoms with E-state index in [1.807, 2.05) is 20.8 Å². The van der Waals surface area contributed by atoms with E-state index >= 15 is 0 Å². The zero-order chi connectivity index (χ0) is 18.4. The number of nitrogens with one attached hydrogen (secondary N) is 1. The van der Waals surface area contributed by atoms with Crippen LogP contribution in [0.5, 0.6) is 17.2 Å². The molecule has 0 radical (unpaired) electrons. The number of benzene rings is 2. The summed E-state index contributed by atoms with van der Waals surface area (Å²) in [7, 11) is 0. The highest BCUT2D eigenvalue weighted by molar-refractivity contribution is 6.32. The molecule has 0 aromatic heterocycles. The molecule has 134 valence electrons. The number of halogens is 1. The maximum atomic E-state index is 12.5. The molecule has 0 atom stereocenters. The van der Waals surface area contributed by atoms with Gasteiger partial charge < -0.3 is 19.9 Å². The fraction of sp³-hybridized carbons (Fsp3) is 0.316. The van der Waals surface area contributed by atoms with E-state index in [9.17, 15) is 9.90 Å². The first kappa shape index (κ1) is 18.9. The van der Waals surface area contributed by atoms with Gasteiger partial charge >= 0.3 is 0 Å². The number of phenols is 1. The average molecular weight is 364 g/mol. The van der Waals surface area contributed by atoms with E-state index in [-0.39, 0.29) is 5.75 Å². The average Bonchev–Trinajstić information content (AvgIpc) is 2.56. The number of amides is 1. The molecule has 0 bridgehead atoms. The summed E-state index contributed by atoms with van der Waals surface area (Å²) < 4.78 is 11.2. The number of hydrogen-bond donors (Lipinski definition) is 2. The lowest BCUT2D eigenvalue weighted by molar-refractivity contribution is 0.102. The van der Waals surface area contributed by atoms with Crippen LogP contribution in [0.4, 0.5) is 5.69 Å². The quantitative estimate of drug-likeness (QED) is 0.694. The summed E-state index contributed by atoms with van der Waals surface area (Å²) >= 11 is 6.27. The lowest BCUT2D eigenvalue weighted by atomic mass is 10.1. The molecule has 2 rings (SSSR count). The summed E-state index contributed by atoms with van der Waals surface area (Å²) in [6, 6.07) is 8.13. The van der Waals surface area contributed by atoms with Crippen LogP contribution in [-0.2, 0) is 0 Å². The third-order valence-corrected chi connectivity index (χ3v) is 3.70. The number of anilines is 1. The summed E-state index contributed by atoms with van der Waals surface area (Å²) in [4.78, 5) is 12.5. The first-order chi connectivity index (χ1) is 12.0. The minimum absolute atomic E-state index is 0.00683. The van der Waals surface area contributed by atoms with Crippen molar-refractivity contribution in [3.05, 3.63) is 46.5 Å². The summed E-state index contributed by atoms with van der Waals surface area (Å²) in [6.07, 6.45) is 0.830. The van der Waals surface area contributed by atoms with Crippen LogP contribution >= 0.6 is 11.6 Å². The van der Waals surface area contributed by atoms with Crippen LogP contribution in [0.25, 0.3) is 0 Å². The van der Waals surface area contributed by atoms with Gasteiger partial charge in [-0.1, -0.05) is 24.6 Å². The van der Waals surface area contributed by atoms with Crippen molar-refractivity contribution in [2.45, 2.75) is 27.2 Å². The molecule has 6 heteroatoms. The Balaban J connectivity index is 2.29. The Morgan fingerprint density at radius 2 is 1.96 bits per heavy atom. The fourth-order valence-electron chi connectivity index (χ4n) is 2.25. The Kier molecular flexibility index (Phi) is 6.53. The maximum absolute atomic E-state index is 12.5. The van der Waals surface area contributed by atoms with Gasteiger partial charge in [0.05, 0.1) is 23.9 Å². The predicted molar refractivity (Wildman–Crippen MR) is 99.2 cm³/mol. The molecule has 0 spiro atoms. The molecule has 1 amide bonds. The van der Waals surface area contributed by atoms with E-state index in [4.69, 9.17) is 21.1 Å². The Morgan fingerprint density at radius 1 is 1.20 bits per heavy atom. The van der Waals surface area contributed by atoms with Gasteiger partial charge in [-0.3, -0.25) is 4.79 Å². The van der Waals surface area contributed by atoms with Gasteiger partial charge in [0.1, 0.15) is 5.75 Å². The Hall–Kier alpha value is -2.40. The van der Waals surface area contributed by atoms with E-state index in [0.717, 1.165) is 12.0 Å². The molecule has 0 aliphatic heterocycles. The van der Waals surface area contributed by atoms with Crippen molar-refractivity contribution in [1.29, 1.82) is 0 Å². The number of hydrogen-bond acceptors (Lipinski definition) is 4. The molecule has 2 aromatic rings. The van der Waals surface area contributed by atoms with Gasteiger partial charge in [0.2, 0.25) is 0 Å². The van der Waals surface area contributed by atoms with Crippen LogP contribution in [0, 0.1) is 6.92 Å². The zero-order valence-corrected chi connectivity index (χ0v) is 15.3. The van der Waals surface area contributed by atoms with E-state index in [1.165, 1.54) is 6.07 Å². The summed E-state index contributed by atoms with van der Waals surface area (Å²) in [5.74, 6) is 0.457. The summed E-state index contributed by atoms with van der Waals surface area (Å²) in [5.41, 5.74) is 1.54. The second kappa shape index (κ2) is 8.62. The van der Waals surface area contributed by atoms with Gasteiger partial charge in [-0.25, -0.2) is 0 Å². The Morgan fingerprint density at radius 3 is 2.60 bits per heavy atom. The number of phenolic OH excluding ortho intramolecular Hbond substituents is 1. The van der Waals surface area contributed by atoms with Crippen molar-refractivity contribution in [3.8, 4) is 17.2 Å². The second-order valence-corrected chi connectivity index (χ2v) is 5.95. The predicted octanol–water partition coefficient (Wildman–Crippen LogP) is 4.79. The Bertz CT molecular complexity index is 761. The standard InChI is InChI=1S/C19H22ClNO4/c1-4-8-25-18-14(20)10-13(11-17(18)24-5-2)19(23)21-15-7-6-12(3)9-16(15)22/h6-7,9-11,22H,4-5,8H2,1-3H3,(H,21,23). The minimum atomic E-state index is -0.399. The molecule has 0 aliphatic rings. The monoisotopic (exact) mass is 363 g/mol. The van der Waals surface area contributed by atoms with E-state index in [1.54, 1.807) is 24.3 Å². The van der Waals surface area contributed by atoms with Crippen molar-refractivity contribution in [2.24, 2.45) is 0 Å². The molecule has 0 fully saturated rings. The van der Waals surface area contributed by atoms with Gasteiger partial charge in [-0.15, -0.1) is 0 Å². The smallest absolute Gasteiger partial charge is 0.255 e. The highest BCUT2D eigenvalue weighted by Crippen LogP contribution is 2.37. The molecule has 0 saturated carbocycles. The molecule has 0 saturated heterocycles. The summed E-state index contributed by atoms with van der Waals surface area (Å²) in [6.45, 7) is 6.61. The number of ether oxygens (including phenoxy) is 2. The molecule has 5 nitrogen and oxygen atoms in total. The van der Waals surface area contributed by atoms with Gasteiger partial charge in [0, 0.05) is 5.56 Å². The maximum Gasteiger partial charge on any atom is 0.255 e. The van der Waals surface area contributed by atoms with Crippen molar-refractivity contribution in [1.82, 2.24) is 0 Å². The Labute approximate surface area is 152 Å². The number of carbonyl (C=O) groups is 1. The topological polar surface area (TPSA) is 67.8 Å². The third kappa shape index (κ3) is 4.79. The van der Waals surface area contributed by atoms with Crippen LogP contribution in [0.3, 0.4) is 0 Å². The third-order valence-electron chi connectivity index (χ3n) is 3.42. The van der Waals surface area contributed by atoms with E-state index < -0.39 is 5.91 Å². The summed E-state index contributed by atoms with van der Waals surface area (Å²) in [5, 5.41) is 12.9. The van der Waals surface area contributed by atoms with Crippen LogP contribution in [-0.4, -0.2) is 24.2 Å². The molecule has 25 heavy (non-hydrogen) atoms. The first-order valence-corrected chi connectivity index (χ1v) is 8.54. The molecular weight excluding hydrogens is 342 g/mol. The molecule has 0 aliphatic carbocycles. The molecule has 0 unspecified atom stereocenters. The first-order valence-electron chi connectivity index (χ1n) is 8.16. The van der Waals surface area contributed by atoms with Crippen molar-refractivity contribution >= 4 is 23.2 Å². The molecule has 2 aromatic carbocycles. The van der Waals surface area contributed by atoms with E-state index in [0.29, 0.717) is 41.0 Å².